The van der Waals surface area contributed by atoms with Crippen molar-refractivity contribution in [2.45, 2.75) is 51.9 Å². The third-order valence-corrected chi connectivity index (χ3v) is 6.65. The topological polar surface area (TPSA) is 17.1 Å². The highest BCUT2D eigenvalue weighted by atomic mass is 32.1. The van der Waals surface area contributed by atoms with Crippen LogP contribution in [0.25, 0.3) is 15.7 Å². The van der Waals surface area contributed by atoms with Gasteiger partial charge in [0.1, 0.15) is 0 Å². The van der Waals surface area contributed by atoms with E-state index in [9.17, 15) is 4.79 Å². The second kappa shape index (κ2) is 5.34. The number of carbonyl (C=O) groups excluding carboxylic acids is 1. The van der Waals surface area contributed by atoms with Gasteiger partial charge in [-0.15, -0.1) is 11.3 Å². The zero-order valence-corrected chi connectivity index (χ0v) is 14.1. The van der Waals surface area contributed by atoms with Gasteiger partial charge in [-0.1, -0.05) is 44.4 Å². The quantitative estimate of drug-likeness (QED) is 0.670. The van der Waals surface area contributed by atoms with Gasteiger partial charge in [-0.2, -0.15) is 0 Å². The summed E-state index contributed by atoms with van der Waals surface area (Å²) in [7, 11) is 0. The molecule has 1 aromatic carbocycles. The predicted molar refractivity (Wildman–Crippen MR) is 94.4 cm³/mol. The molecular weight excluding hydrogens is 288 g/mol. The molecule has 0 spiro atoms. The summed E-state index contributed by atoms with van der Waals surface area (Å²) in [6, 6.07) is 8.68. The maximum Gasteiger partial charge on any atom is 0.156 e. The number of thiophene rings is 1. The van der Waals surface area contributed by atoms with Crippen molar-refractivity contribution in [3.8, 4) is 0 Å². The lowest BCUT2D eigenvalue weighted by atomic mass is 9.81. The van der Waals surface area contributed by atoms with Crippen molar-refractivity contribution in [2.75, 3.05) is 0 Å². The van der Waals surface area contributed by atoms with E-state index in [2.05, 4.69) is 31.2 Å². The molecule has 22 heavy (non-hydrogen) atoms. The number of rotatable bonds is 2. The van der Waals surface area contributed by atoms with Gasteiger partial charge in [0.2, 0.25) is 0 Å². The number of Topliss-reactive ketones (excluding diaryl/α,β-unsaturated/α-hetero) is 1. The fourth-order valence-electron chi connectivity index (χ4n) is 4.49. The van der Waals surface area contributed by atoms with E-state index in [1.54, 1.807) is 6.92 Å². The summed E-state index contributed by atoms with van der Waals surface area (Å²) in [4.78, 5) is 13.8. The molecule has 1 atom stereocenters. The van der Waals surface area contributed by atoms with Crippen molar-refractivity contribution in [3.05, 3.63) is 40.3 Å². The first-order valence-corrected chi connectivity index (χ1v) is 9.27. The fraction of sp³-hybridized carbons (Fsp3) is 0.450. The number of hydrogen-bond acceptors (Lipinski definition) is 2. The standard InChI is InChI=1S/C20H22OS/c1-12-17(13(2)21)19(14-8-4-3-5-9-14)20-18(12)15-10-6-7-11-16(15)22-20/h6-7,10-12,14H,3-5,8-9H2,1-2H3. The lowest BCUT2D eigenvalue weighted by Crippen LogP contribution is -2.11. The number of fused-ring (bicyclic) bond motifs is 3. The van der Waals surface area contributed by atoms with Crippen molar-refractivity contribution < 1.29 is 4.79 Å². The number of hydrogen-bond donors (Lipinski definition) is 0. The predicted octanol–water partition coefficient (Wildman–Crippen LogP) is 5.94. The van der Waals surface area contributed by atoms with Crippen LogP contribution in [0.15, 0.2) is 29.8 Å². The van der Waals surface area contributed by atoms with E-state index in [4.69, 9.17) is 0 Å². The van der Waals surface area contributed by atoms with Crippen molar-refractivity contribution >= 4 is 32.8 Å². The third-order valence-electron chi connectivity index (χ3n) is 5.43. The average molecular weight is 310 g/mol. The van der Waals surface area contributed by atoms with Gasteiger partial charge >= 0.3 is 0 Å². The van der Waals surface area contributed by atoms with Crippen LogP contribution in [0.2, 0.25) is 0 Å². The second-order valence-electron chi connectivity index (χ2n) is 6.78. The Morgan fingerprint density at radius 1 is 1.14 bits per heavy atom. The molecule has 1 heterocycles. The van der Waals surface area contributed by atoms with E-state index in [0.717, 1.165) is 5.57 Å². The van der Waals surface area contributed by atoms with Crippen LogP contribution in [0.1, 0.15) is 62.3 Å². The smallest absolute Gasteiger partial charge is 0.156 e. The first-order chi connectivity index (χ1) is 10.7. The molecular formula is C20H22OS. The molecule has 1 aromatic heterocycles. The Kier molecular flexibility index (Phi) is 3.45. The Bertz CT molecular complexity index is 774. The molecule has 1 unspecified atom stereocenters. The summed E-state index contributed by atoms with van der Waals surface area (Å²) in [6.07, 6.45) is 6.50. The van der Waals surface area contributed by atoms with Crippen LogP contribution in [0, 0.1) is 5.92 Å². The van der Waals surface area contributed by atoms with Crippen molar-refractivity contribution in [3.63, 3.8) is 0 Å². The molecule has 1 saturated carbocycles. The van der Waals surface area contributed by atoms with Crippen LogP contribution in [0.3, 0.4) is 0 Å². The van der Waals surface area contributed by atoms with Gasteiger partial charge in [0, 0.05) is 21.1 Å². The molecule has 0 saturated heterocycles. The third kappa shape index (κ3) is 2.00. The van der Waals surface area contributed by atoms with Gasteiger partial charge in [0.25, 0.3) is 0 Å². The highest BCUT2D eigenvalue weighted by molar-refractivity contribution is 7.20. The molecule has 0 aliphatic heterocycles. The van der Waals surface area contributed by atoms with E-state index < -0.39 is 0 Å². The first kappa shape index (κ1) is 14.2. The van der Waals surface area contributed by atoms with Gasteiger partial charge in [-0.05, 0) is 48.3 Å². The van der Waals surface area contributed by atoms with E-state index in [-0.39, 0.29) is 11.7 Å². The minimum absolute atomic E-state index is 0.264. The van der Waals surface area contributed by atoms with Crippen LogP contribution >= 0.6 is 11.3 Å². The largest absolute Gasteiger partial charge is 0.295 e. The molecule has 0 radical (unpaired) electrons. The van der Waals surface area contributed by atoms with Crippen LogP contribution < -0.4 is 0 Å². The second-order valence-corrected chi connectivity index (χ2v) is 7.83. The molecule has 4 rings (SSSR count). The first-order valence-electron chi connectivity index (χ1n) is 8.45. The summed E-state index contributed by atoms with van der Waals surface area (Å²) in [5.41, 5.74) is 3.95. The number of carbonyl (C=O) groups is 1. The highest BCUT2D eigenvalue weighted by Gasteiger charge is 2.37. The van der Waals surface area contributed by atoms with Gasteiger partial charge in [-0.25, -0.2) is 0 Å². The Morgan fingerprint density at radius 2 is 1.86 bits per heavy atom. The van der Waals surface area contributed by atoms with Gasteiger partial charge < -0.3 is 0 Å². The molecule has 114 valence electrons. The van der Waals surface area contributed by atoms with Crippen molar-refractivity contribution in [1.82, 2.24) is 0 Å². The zero-order valence-electron chi connectivity index (χ0n) is 13.3. The van der Waals surface area contributed by atoms with Crippen LogP contribution in [-0.2, 0) is 4.79 Å². The van der Waals surface area contributed by atoms with E-state index >= 15 is 0 Å². The lowest BCUT2D eigenvalue weighted by molar-refractivity contribution is -0.113. The minimum Gasteiger partial charge on any atom is -0.295 e. The monoisotopic (exact) mass is 310 g/mol. The molecule has 0 N–H and O–H groups in total. The Balaban J connectivity index is 1.94. The van der Waals surface area contributed by atoms with Gasteiger partial charge in [0.05, 0.1) is 0 Å². The van der Waals surface area contributed by atoms with E-state index in [0.29, 0.717) is 5.92 Å². The maximum atomic E-state index is 12.4. The SMILES string of the molecule is CC(=O)C1=C(C2CCCCC2)c2sc3ccccc3c2C1C. The van der Waals surface area contributed by atoms with Gasteiger partial charge in [0.15, 0.2) is 5.78 Å². The number of allylic oxidation sites excluding steroid dienone is 2. The summed E-state index contributed by atoms with van der Waals surface area (Å²) < 4.78 is 1.37. The van der Waals surface area contributed by atoms with Crippen molar-refractivity contribution in [2.24, 2.45) is 5.92 Å². The number of benzene rings is 1. The normalized spacial score (nSPS) is 22.4. The Hall–Kier alpha value is -1.41. The van der Waals surface area contributed by atoms with E-state index in [1.807, 2.05) is 11.3 Å². The molecule has 2 aliphatic rings. The molecule has 0 amide bonds. The average Bonchev–Trinajstić information content (AvgIpc) is 3.03. The highest BCUT2D eigenvalue weighted by Crippen LogP contribution is 2.54. The molecule has 2 aromatic rings. The summed E-state index contributed by atoms with van der Waals surface area (Å²) in [5, 5.41) is 1.36. The maximum absolute atomic E-state index is 12.4. The zero-order chi connectivity index (χ0) is 15.3. The molecule has 2 aliphatic carbocycles. The van der Waals surface area contributed by atoms with E-state index in [1.165, 1.54) is 58.2 Å². The minimum atomic E-state index is 0.264. The molecule has 0 bridgehead atoms. The number of ketones is 1. The lowest BCUT2D eigenvalue weighted by Gasteiger charge is -2.24. The summed E-state index contributed by atoms with van der Waals surface area (Å²) >= 11 is 1.90. The van der Waals surface area contributed by atoms with Crippen LogP contribution in [-0.4, -0.2) is 5.78 Å². The summed E-state index contributed by atoms with van der Waals surface area (Å²) in [6.45, 7) is 3.98. The molecule has 2 heteroatoms. The molecule has 1 fully saturated rings. The van der Waals surface area contributed by atoms with Crippen LogP contribution in [0.5, 0.6) is 0 Å². The van der Waals surface area contributed by atoms with Crippen LogP contribution in [0.4, 0.5) is 0 Å². The Labute approximate surface area is 136 Å². The summed E-state index contributed by atoms with van der Waals surface area (Å²) in [5.74, 6) is 1.14. The van der Waals surface area contributed by atoms with Gasteiger partial charge in [-0.3, -0.25) is 4.79 Å². The van der Waals surface area contributed by atoms with Crippen molar-refractivity contribution in [1.29, 1.82) is 0 Å². The fourth-order valence-corrected chi connectivity index (χ4v) is 5.92. The Morgan fingerprint density at radius 3 is 2.59 bits per heavy atom. The molecule has 1 nitrogen and oxygen atoms in total.